The quantitative estimate of drug-likeness (QED) is 0.0333. The second-order valence-electron chi connectivity index (χ2n) is 19.6. The second-order valence-corrected chi connectivity index (χ2v) is 19.6. The number of amides is 8. The Hall–Kier alpha value is -5.95. The number of carbonyl (C=O) groups is 9. The average Bonchev–Trinajstić information content (AvgIpc) is 3.34. The minimum Gasteiger partial charge on any atom is -0.508 e. The molecule has 8 amide bonds. The molecule has 74 heavy (non-hydrogen) atoms. The number of unbranched alkanes of at least 4 members (excludes halogenated alkanes) is 3. The summed E-state index contributed by atoms with van der Waals surface area (Å²) in [7, 11) is 0. The third-order valence-corrected chi connectivity index (χ3v) is 12.4. The van der Waals surface area contributed by atoms with E-state index in [0.717, 1.165) is 0 Å². The minimum absolute atomic E-state index is 0.0208. The number of benzene rings is 1. The van der Waals surface area contributed by atoms with Gasteiger partial charge in [-0.25, -0.2) is 4.79 Å². The lowest BCUT2D eigenvalue weighted by Crippen LogP contribution is -2.62. The van der Waals surface area contributed by atoms with Gasteiger partial charge in [-0.15, -0.1) is 0 Å². The van der Waals surface area contributed by atoms with E-state index in [1.165, 1.54) is 31.2 Å². The molecule has 1 aromatic carbocycles. The fourth-order valence-corrected chi connectivity index (χ4v) is 7.77. The van der Waals surface area contributed by atoms with E-state index in [1.807, 2.05) is 13.8 Å². The molecule has 0 unspecified atom stereocenters. The zero-order valence-corrected chi connectivity index (χ0v) is 44.4. The van der Waals surface area contributed by atoms with Gasteiger partial charge >= 0.3 is 5.97 Å². The number of aliphatic carboxylic acids is 1. The van der Waals surface area contributed by atoms with Crippen LogP contribution < -0.4 is 65.5 Å². The van der Waals surface area contributed by atoms with E-state index in [4.69, 9.17) is 22.9 Å². The van der Waals surface area contributed by atoms with Crippen molar-refractivity contribution >= 4 is 53.2 Å². The Bertz CT molecular complexity index is 1940. The molecule has 0 spiro atoms. The summed E-state index contributed by atoms with van der Waals surface area (Å²) in [6, 6.07) is -4.75. The molecule has 1 rings (SSSR count). The summed E-state index contributed by atoms with van der Waals surface area (Å²) in [5.41, 5.74) is 23.0. The standard InChI is InChI=1S/C50H88N12O12/c1-8-30(6)41(48(71)58-36(50(73)74)17-11-14-24-53)61-44(67)35(16-10-13-23-52)56-43(66)34(15-9-12-22-51)57-45(68)38(26-32-18-20-33(64)21-19-32)59-49(72)42(31(7)63)62-47(70)40(29(4)5)60-46(69)37(25-28(2)3)55-39(65)27-54/h18-21,28-31,34-38,40-42,63-64H,8-17,22-27,51-54H2,1-7H3,(H,55,65)(H,56,66)(H,57,68)(H,58,71)(H,59,72)(H,60,69)(H,61,67)(H,62,70)(H,73,74)/t30-,31+,34-,35-,36-,37-,38-,40-,41-,42-/m0/s1. The van der Waals surface area contributed by atoms with Gasteiger partial charge in [0.2, 0.25) is 47.3 Å². The Labute approximate surface area is 435 Å². The number of phenols is 1. The molecular formula is C50H88N12O12. The Kier molecular flexibility index (Phi) is 31.5. The lowest BCUT2D eigenvalue weighted by Gasteiger charge is -2.30. The number of carboxylic acids is 1. The van der Waals surface area contributed by atoms with Crippen LogP contribution in [0.25, 0.3) is 0 Å². The highest BCUT2D eigenvalue weighted by atomic mass is 16.4. The SMILES string of the molecule is CC[C@H](C)[C@H](NC(=O)[C@H](CCCCN)NC(=O)[C@H](CCCCN)NC(=O)[C@H](Cc1ccc(O)cc1)NC(=O)[C@@H](NC(=O)[C@@H](NC(=O)[C@H](CC(C)C)NC(=O)CN)C(C)C)[C@@H](C)O)C(=O)N[C@@H](CCCCN)C(=O)O. The Morgan fingerprint density at radius 1 is 0.500 bits per heavy atom. The topological polar surface area (TPSA) is 415 Å². The monoisotopic (exact) mass is 1050 g/mol. The van der Waals surface area contributed by atoms with Gasteiger partial charge in [-0.2, -0.15) is 0 Å². The lowest BCUT2D eigenvalue weighted by molar-refractivity contribution is -0.143. The number of rotatable bonds is 37. The van der Waals surface area contributed by atoms with Gasteiger partial charge in [-0.05, 0) is 126 Å². The van der Waals surface area contributed by atoms with Crippen molar-refractivity contribution in [1.29, 1.82) is 0 Å². The third kappa shape index (κ3) is 24.4. The van der Waals surface area contributed by atoms with E-state index in [2.05, 4.69) is 42.5 Å². The van der Waals surface area contributed by atoms with E-state index < -0.39 is 120 Å². The van der Waals surface area contributed by atoms with Gasteiger partial charge in [-0.1, -0.05) is 60.1 Å². The molecule has 1 aromatic rings. The normalized spacial score (nSPS) is 15.4. The van der Waals surface area contributed by atoms with Crippen molar-refractivity contribution in [2.75, 3.05) is 26.2 Å². The molecule has 0 heterocycles. The molecule has 0 aliphatic rings. The van der Waals surface area contributed by atoms with Gasteiger partial charge in [0.15, 0.2) is 0 Å². The van der Waals surface area contributed by atoms with Crippen molar-refractivity contribution < 1.29 is 58.5 Å². The maximum Gasteiger partial charge on any atom is 0.326 e. The average molecular weight is 1050 g/mol. The number of nitrogens with two attached hydrogens (primary N) is 4. The first kappa shape index (κ1) is 66.1. The Balaban J connectivity index is 3.60. The smallest absolute Gasteiger partial charge is 0.326 e. The molecule has 0 saturated carbocycles. The third-order valence-electron chi connectivity index (χ3n) is 12.4. The summed E-state index contributed by atoms with van der Waals surface area (Å²) in [6.45, 7) is 12.2. The van der Waals surface area contributed by atoms with Crippen LogP contribution in [0, 0.1) is 17.8 Å². The van der Waals surface area contributed by atoms with E-state index in [1.54, 1.807) is 27.7 Å². The highest BCUT2D eigenvalue weighted by molar-refractivity contribution is 5.98. The number of phenolic OH excluding ortho intramolecular Hbond substituents is 1. The van der Waals surface area contributed by atoms with Crippen molar-refractivity contribution in [2.24, 2.45) is 40.7 Å². The molecule has 0 radical (unpaired) electrons. The number of carboxylic acid groups (broad SMARTS) is 1. The molecule has 0 saturated heterocycles. The number of aromatic hydroxyl groups is 1. The van der Waals surface area contributed by atoms with Crippen molar-refractivity contribution in [3.8, 4) is 5.75 Å². The molecule has 0 aliphatic carbocycles. The fourth-order valence-electron chi connectivity index (χ4n) is 7.77. The Morgan fingerprint density at radius 3 is 1.35 bits per heavy atom. The lowest BCUT2D eigenvalue weighted by atomic mass is 9.96. The molecular weight excluding hydrogens is 961 g/mol. The van der Waals surface area contributed by atoms with Crippen LogP contribution in [0.5, 0.6) is 5.75 Å². The predicted molar refractivity (Wildman–Crippen MR) is 278 cm³/mol. The minimum atomic E-state index is -1.69. The molecule has 0 aliphatic heterocycles. The predicted octanol–water partition coefficient (Wildman–Crippen LogP) is -1.63. The molecule has 420 valence electrons. The summed E-state index contributed by atoms with van der Waals surface area (Å²) in [6.07, 6.45) is 1.69. The van der Waals surface area contributed by atoms with Crippen LogP contribution in [0.4, 0.5) is 0 Å². The summed E-state index contributed by atoms with van der Waals surface area (Å²) >= 11 is 0. The number of aliphatic hydroxyl groups is 1. The molecule has 10 atom stereocenters. The zero-order chi connectivity index (χ0) is 56.1. The molecule has 24 nitrogen and oxygen atoms in total. The van der Waals surface area contributed by atoms with Crippen LogP contribution in [0.15, 0.2) is 24.3 Å². The van der Waals surface area contributed by atoms with Crippen molar-refractivity contribution in [1.82, 2.24) is 42.5 Å². The van der Waals surface area contributed by atoms with Crippen molar-refractivity contribution in [3.05, 3.63) is 29.8 Å². The van der Waals surface area contributed by atoms with E-state index in [9.17, 15) is 58.5 Å². The Morgan fingerprint density at radius 2 is 0.905 bits per heavy atom. The second kappa shape index (κ2) is 35.3. The zero-order valence-electron chi connectivity index (χ0n) is 44.4. The first-order valence-electron chi connectivity index (χ1n) is 25.9. The highest BCUT2D eigenvalue weighted by Gasteiger charge is 2.37. The maximum absolute atomic E-state index is 14.4. The van der Waals surface area contributed by atoms with E-state index >= 15 is 0 Å². The summed E-state index contributed by atoms with van der Waals surface area (Å²) in [5, 5.41) is 51.7. The molecule has 0 aromatic heterocycles. The van der Waals surface area contributed by atoms with E-state index in [0.29, 0.717) is 57.1 Å². The first-order valence-corrected chi connectivity index (χ1v) is 25.9. The van der Waals surface area contributed by atoms with Crippen LogP contribution in [0.3, 0.4) is 0 Å². The van der Waals surface area contributed by atoms with Crippen LogP contribution in [0.2, 0.25) is 0 Å². The van der Waals surface area contributed by atoms with Gasteiger partial charge in [0.1, 0.15) is 54.1 Å². The maximum atomic E-state index is 14.4. The van der Waals surface area contributed by atoms with Gasteiger partial charge in [-0.3, -0.25) is 38.4 Å². The molecule has 24 heteroatoms. The molecule has 0 bridgehead atoms. The van der Waals surface area contributed by atoms with Crippen LogP contribution in [-0.4, -0.2) is 149 Å². The van der Waals surface area contributed by atoms with Crippen LogP contribution in [-0.2, 0) is 49.6 Å². The van der Waals surface area contributed by atoms with Gasteiger partial charge in [0, 0.05) is 6.42 Å². The first-order chi connectivity index (χ1) is 34.9. The fraction of sp³-hybridized carbons (Fsp3) is 0.700. The number of hydrogen-bond donors (Lipinski definition) is 15. The van der Waals surface area contributed by atoms with Gasteiger partial charge in [0.25, 0.3) is 0 Å². The summed E-state index contributed by atoms with van der Waals surface area (Å²) in [4.78, 5) is 122. The largest absolute Gasteiger partial charge is 0.508 e. The number of carbonyl (C=O) groups excluding carboxylic acids is 8. The van der Waals surface area contributed by atoms with E-state index in [-0.39, 0.29) is 63.4 Å². The molecule has 0 fully saturated rings. The van der Waals surface area contributed by atoms with Crippen molar-refractivity contribution in [2.45, 2.75) is 180 Å². The highest BCUT2D eigenvalue weighted by Crippen LogP contribution is 2.15. The number of nitrogens with one attached hydrogen (secondary N) is 8. The van der Waals surface area contributed by atoms with Crippen LogP contribution in [0.1, 0.15) is 125 Å². The van der Waals surface area contributed by atoms with Gasteiger partial charge in [0.05, 0.1) is 12.6 Å². The summed E-state index contributed by atoms with van der Waals surface area (Å²) in [5.74, 6) is -8.66. The van der Waals surface area contributed by atoms with Crippen LogP contribution >= 0.6 is 0 Å². The molecule has 19 N–H and O–H groups in total. The van der Waals surface area contributed by atoms with Gasteiger partial charge < -0.3 is 80.8 Å². The summed E-state index contributed by atoms with van der Waals surface area (Å²) < 4.78 is 0. The number of hydrogen-bond acceptors (Lipinski definition) is 15. The van der Waals surface area contributed by atoms with Crippen molar-refractivity contribution in [3.63, 3.8) is 0 Å². The number of aliphatic hydroxyl groups excluding tert-OH is 1.